The highest BCUT2D eigenvalue weighted by Crippen LogP contribution is 2.31. The molecule has 1 aromatic heterocycles. The summed E-state index contributed by atoms with van der Waals surface area (Å²) in [5.74, 6) is -0.324. The summed E-state index contributed by atoms with van der Waals surface area (Å²) < 4.78 is 7.62. The maximum Gasteiger partial charge on any atom is 0.352 e. The summed E-state index contributed by atoms with van der Waals surface area (Å²) in [6.07, 6.45) is 0. The molecule has 0 amide bonds. The number of carboxylic acid groups (broad SMARTS) is 1. The molecular weight excluding hydrogens is 387 g/mol. The Balaban J connectivity index is 2.01. The van der Waals surface area contributed by atoms with E-state index in [0.29, 0.717) is 28.9 Å². The van der Waals surface area contributed by atoms with Gasteiger partial charge in [-0.1, -0.05) is 35.3 Å². The quantitative estimate of drug-likeness (QED) is 0.620. The highest BCUT2D eigenvalue weighted by Gasteiger charge is 2.18. The molecule has 0 saturated heterocycles. The molecule has 0 atom stereocenters. The van der Waals surface area contributed by atoms with Crippen molar-refractivity contribution in [3.05, 3.63) is 63.8 Å². The fourth-order valence-electron chi connectivity index (χ4n) is 2.89. The Morgan fingerprint density at radius 1 is 1.15 bits per heavy atom. The number of ether oxygens (including phenoxy) is 1. The molecule has 2 aromatic carbocycles. The average molecular weight is 407 g/mol. The van der Waals surface area contributed by atoms with Crippen molar-refractivity contribution in [3.8, 4) is 5.75 Å². The van der Waals surface area contributed by atoms with Crippen molar-refractivity contribution in [2.75, 3.05) is 27.2 Å². The van der Waals surface area contributed by atoms with Crippen molar-refractivity contribution in [3.63, 3.8) is 0 Å². The van der Waals surface area contributed by atoms with Gasteiger partial charge in [-0.2, -0.15) is 0 Å². The summed E-state index contributed by atoms with van der Waals surface area (Å²) in [6, 6.07) is 12.6. The number of aromatic nitrogens is 1. The Hall–Kier alpha value is -2.21. The van der Waals surface area contributed by atoms with Crippen LogP contribution >= 0.6 is 23.2 Å². The number of carbonyl (C=O) groups is 1. The maximum absolute atomic E-state index is 11.8. The zero-order valence-electron chi connectivity index (χ0n) is 15.1. The number of hydrogen-bond acceptors (Lipinski definition) is 3. The van der Waals surface area contributed by atoms with Crippen LogP contribution in [0, 0.1) is 0 Å². The second kappa shape index (κ2) is 8.21. The average Bonchev–Trinajstić information content (AvgIpc) is 2.98. The Morgan fingerprint density at radius 3 is 2.59 bits per heavy atom. The second-order valence-electron chi connectivity index (χ2n) is 6.51. The molecule has 1 heterocycles. The minimum atomic E-state index is -0.995. The van der Waals surface area contributed by atoms with Crippen molar-refractivity contribution in [1.29, 1.82) is 0 Å². The third-order valence-corrected chi connectivity index (χ3v) is 4.98. The molecule has 3 aromatic rings. The van der Waals surface area contributed by atoms with E-state index < -0.39 is 5.97 Å². The molecule has 0 fully saturated rings. The van der Waals surface area contributed by atoms with Crippen LogP contribution in [0.4, 0.5) is 0 Å². The van der Waals surface area contributed by atoms with E-state index in [4.69, 9.17) is 27.9 Å². The number of benzene rings is 2. The molecule has 0 radical (unpaired) electrons. The highest BCUT2D eigenvalue weighted by atomic mass is 35.5. The van der Waals surface area contributed by atoms with Gasteiger partial charge in [-0.15, -0.1) is 0 Å². The van der Waals surface area contributed by atoms with Crippen molar-refractivity contribution >= 4 is 40.1 Å². The van der Waals surface area contributed by atoms with Crippen LogP contribution in [-0.4, -0.2) is 47.8 Å². The van der Waals surface area contributed by atoms with Gasteiger partial charge in [0, 0.05) is 18.5 Å². The SMILES string of the molecule is CN(C)CCOc1cccc2c1cc(C(=O)O)n2Cc1ccc(Cl)c(Cl)c1. The Labute approximate surface area is 167 Å². The van der Waals surface area contributed by atoms with Crippen LogP contribution < -0.4 is 4.74 Å². The fourth-order valence-corrected chi connectivity index (χ4v) is 3.21. The lowest BCUT2D eigenvalue weighted by atomic mass is 10.2. The first-order chi connectivity index (χ1) is 12.9. The lowest BCUT2D eigenvalue weighted by Gasteiger charge is -2.12. The normalized spacial score (nSPS) is 11.3. The van der Waals surface area contributed by atoms with Gasteiger partial charge in [0.2, 0.25) is 0 Å². The zero-order chi connectivity index (χ0) is 19.6. The van der Waals surface area contributed by atoms with Gasteiger partial charge in [0.1, 0.15) is 18.1 Å². The lowest BCUT2D eigenvalue weighted by molar-refractivity contribution is 0.0686. The van der Waals surface area contributed by atoms with Crippen molar-refractivity contribution in [1.82, 2.24) is 9.47 Å². The maximum atomic E-state index is 11.8. The third kappa shape index (κ3) is 4.38. The van der Waals surface area contributed by atoms with Crippen LogP contribution in [0.2, 0.25) is 10.0 Å². The molecule has 5 nitrogen and oxygen atoms in total. The van der Waals surface area contributed by atoms with Crippen LogP contribution in [0.25, 0.3) is 10.9 Å². The van der Waals surface area contributed by atoms with Crippen LogP contribution in [0.15, 0.2) is 42.5 Å². The standard InChI is InChI=1S/C20H20Cl2N2O3/c1-23(2)8-9-27-19-5-3-4-17-14(19)11-18(20(25)26)24(17)12-13-6-7-15(21)16(22)10-13/h3-7,10-11H,8-9,12H2,1-2H3,(H,25,26). The van der Waals surface area contributed by atoms with Crippen molar-refractivity contribution < 1.29 is 14.6 Å². The molecule has 7 heteroatoms. The van der Waals surface area contributed by atoms with E-state index in [9.17, 15) is 9.90 Å². The zero-order valence-corrected chi connectivity index (χ0v) is 16.6. The Morgan fingerprint density at radius 2 is 1.93 bits per heavy atom. The Kier molecular flexibility index (Phi) is 5.95. The molecule has 0 saturated carbocycles. The summed E-state index contributed by atoms with van der Waals surface area (Å²) >= 11 is 12.1. The van der Waals surface area contributed by atoms with Gasteiger partial charge in [0.05, 0.1) is 15.6 Å². The van der Waals surface area contributed by atoms with E-state index in [1.165, 1.54) is 0 Å². The van der Waals surface area contributed by atoms with Gasteiger partial charge in [-0.05, 0) is 50.0 Å². The van der Waals surface area contributed by atoms with Gasteiger partial charge in [0.25, 0.3) is 0 Å². The van der Waals surface area contributed by atoms with E-state index in [1.54, 1.807) is 22.8 Å². The molecule has 3 rings (SSSR count). The predicted molar refractivity (Wildman–Crippen MR) is 109 cm³/mol. The highest BCUT2D eigenvalue weighted by molar-refractivity contribution is 6.42. The van der Waals surface area contributed by atoms with Gasteiger partial charge < -0.3 is 19.3 Å². The summed E-state index contributed by atoms with van der Waals surface area (Å²) in [6.45, 7) is 1.65. The lowest BCUT2D eigenvalue weighted by Crippen LogP contribution is -2.19. The molecular formula is C20H20Cl2N2O3. The smallest absolute Gasteiger partial charge is 0.352 e. The van der Waals surface area contributed by atoms with Crippen LogP contribution in [0.1, 0.15) is 16.1 Å². The van der Waals surface area contributed by atoms with E-state index in [-0.39, 0.29) is 5.69 Å². The monoisotopic (exact) mass is 406 g/mol. The van der Waals surface area contributed by atoms with Gasteiger partial charge in [0.15, 0.2) is 0 Å². The van der Waals surface area contributed by atoms with E-state index in [0.717, 1.165) is 23.0 Å². The Bertz CT molecular complexity index is 983. The number of fused-ring (bicyclic) bond motifs is 1. The summed E-state index contributed by atoms with van der Waals surface area (Å²) in [5, 5.41) is 11.3. The summed E-state index contributed by atoms with van der Waals surface area (Å²) in [4.78, 5) is 13.8. The van der Waals surface area contributed by atoms with Crippen LogP contribution in [0.3, 0.4) is 0 Å². The van der Waals surface area contributed by atoms with E-state index in [1.807, 2.05) is 43.3 Å². The molecule has 27 heavy (non-hydrogen) atoms. The number of aromatic carboxylic acids is 1. The van der Waals surface area contributed by atoms with E-state index >= 15 is 0 Å². The number of hydrogen-bond donors (Lipinski definition) is 1. The topological polar surface area (TPSA) is 54.7 Å². The minimum absolute atomic E-state index is 0.194. The molecule has 0 spiro atoms. The van der Waals surface area contributed by atoms with Gasteiger partial charge in [-0.3, -0.25) is 0 Å². The fraction of sp³-hybridized carbons (Fsp3) is 0.250. The summed E-state index contributed by atoms with van der Waals surface area (Å²) in [5.41, 5.74) is 1.85. The second-order valence-corrected chi connectivity index (χ2v) is 7.32. The number of halogens is 2. The number of carboxylic acids is 1. The molecule has 0 aliphatic carbocycles. The minimum Gasteiger partial charge on any atom is -0.492 e. The summed E-state index contributed by atoms with van der Waals surface area (Å²) in [7, 11) is 3.94. The number of rotatable bonds is 7. The van der Waals surface area contributed by atoms with Crippen LogP contribution in [0.5, 0.6) is 5.75 Å². The predicted octanol–water partition coefficient (Wildman–Crippen LogP) is 4.64. The van der Waals surface area contributed by atoms with Crippen molar-refractivity contribution in [2.45, 2.75) is 6.54 Å². The van der Waals surface area contributed by atoms with Gasteiger partial charge >= 0.3 is 5.97 Å². The van der Waals surface area contributed by atoms with Gasteiger partial charge in [-0.25, -0.2) is 4.79 Å². The first-order valence-electron chi connectivity index (χ1n) is 8.44. The molecule has 1 N–H and O–H groups in total. The first-order valence-corrected chi connectivity index (χ1v) is 9.19. The van der Waals surface area contributed by atoms with E-state index in [2.05, 4.69) is 0 Å². The first kappa shape index (κ1) is 19.5. The molecule has 142 valence electrons. The van der Waals surface area contributed by atoms with Crippen molar-refractivity contribution in [2.24, 2.45) is 0 Å². The molecule has 0 aliphatic rings. The van der Waals surface area contributed by atoms with Crippen LogP contribution in [-0.2, 0) is 6.54 Å². The molecule has 0 unspecified atom stereocenters. The largest absolute Gasteiger partial charge is 0.492 e. The number of nitrogens with zero attached hydrogens (tertiary/aromatic N) is 2. The number of likely N-dealkylation sites (N-methyl/N-ethyl adjacent to an activating group) is 1. The third-order valence-electron chi connectivity index (χ3n) is 4.25. The molecule has 0 aliphatic heterocycles. The molecule has 0 bridgehead atoms.